The molecule has 1 fully saturated rings. The van der Waals surface area contributed by atoms with Crippen LogP contribution in [0.5, 0.6) is 0 Å². The Kier molecular flexibility index (Phi) is 3.18. The first-order valence-electron chi connectivity index (χ1n) is 6.86. The molecule has 0 radical (unpaired) electrons. The van der Waals surface area contributed by atoms with Crippen LogP contribution in [0, 0.1) is 17.8 Å². The van der Waals surface area contributed by atoms with E-state index in [0.717, 1.165) is 12.1 Å². The lowest BCUT2D eigenvalue weighted by atomic mass is 10.1. The number of fused-ring (bicyclic) bond motifs is 1. The van der Waals surface area contributed by atoms with Gasteiger partial charge in [-0.2, -0.15) is 17.6 Å². The number of rotatable bonds is 3. The number of hydrogen-bond acceptors (Lipinski definition) is 2. The van der Waals surface area contributed by atoms with E-state index < -0.39 is 18.7 Å². The molecule has 0 amide bonds. The highest BCUT2D eigenvalue weighted by Gasteiger charge is 2.41. The quantitative estimate of drug-likeness (QED) is 0.805. The monoisotopic (exact) mass is 301 g/mol. The molecule has 0 N–H and O–H groups in total. The van der Waals surface area contributed by atoms with Crippen LogP contribution in [0.2, 0.25) is 0 Å². The van der Waals surface area contributed by atoms with E-state index in [0.29, 0.717) is 16.5 Å². The van der Waals surface area contributed by atoms with Crippen LogP contribution in [0.15, 0.2) is 12.1 Å². The fraction of sp³-hybridized carbons (Fsp3) is 0.571. The molecular formula is C14H15F4N3. The molecule has 7 heteroatoms. The zero-order valence-electron chi connectivity index (χ0n) is 11.7. The molecule has 1 aliphatic rings. The standard InChI is InChI=1S/C14H15F4N3/c1-7(2)9-5-10(9)11-4-3-8-12(15)20-21(13(8)19-11)6-14(16,17)18/h3-4,7,9-10H,5-6H2,1-2H3/t9-,10+/m1/s1. The third-order valence-corrected chi connectivity index (χ3v) is 3.98. The van der Waals surface area contributed by atoms with Crippen LogP contribution in [0.25, 0.3) is 11.0 Å². The normalized spacial score (nSPS) is 22.2. The summed E-state index contributed by atoms with van der Waals surface area (Å²) in [7, 11) is 0. The number of aromatic nitrogens is 3. The van der Waals surface area contributed by atoms with Gasteiger partial charge in [-0.1, -0.05) is 13.8 Å². The van der Waals surface area contributed by atoms with Gasteiger partial charge in [-0.05, 0) is 30.4 Å². The second-order valence-corrected chi connectivity index (χ2v) is 5.92. The molecule has 0 aliphatic heterocycles. The van der Waals surface area contributed by atoms with Crippen molar-refractivity contribution in [3.05, 3.63) is 23.8 Å². The molecule has 0 spiro atoms. The Balaban J connectivity index is 1.98. The topological polar surface area (TPSA) is 30.7 Å². The van der Waals surface area contributed by atoms with Gasteiger partial charge in [0.15, 0.2) is 5.65 Å². The van der Waals surface area contributed by atoms with Crippen molar-refractivity contribution in [3.63, 3.8) is 0 Å². The van der Waals surface area contributed by atoms with Gasteiger partial charge in [-0.3, -0.25) is 0 Å². The molecule has 1 aliphatic carbocycles. The number of pyridine rings is 1. The van der Waals surface area contributed by atoms with E-state index >= 15 is 0 Å². The van der Waals surface area contributed by atoms with E-state index in [1.807, 2.05) is 0 Å². The SMILES string of the molecule is CC(C)[C@H]1C[C@@H]1c1ccc2c(F)nn(CC(F)(F)F)c2n1. The minimum atomic E-state index is -4.46. The first-order chi connectivity index (χ1) is 9.76. The van der Waals surface area contributed by atoms with Gasteiger partial charge in [0.2, 0.25) is 5.95 Å². The lowest BCUT2D eigenvalue weighted by Gasteiger charge is -2.07. The van der Waals surface area contributed by atoms with Crippen LogP contribution in [0.4, 0.5) is 17.6 Å². The predicted octanol–water partition coefficient (Wildman–Crippen LogP) is 3.89. The van der Waals surface area contributed by atoms with Gasteiger partial charge >= 0.3 is 6.18 Å². The molecular weight excluding hydrogens is 286 g/mol. The molecule has 21 heavy (non-hydrogen) atoms. The summed E-state index contributed by atoms with van der Waals surface area (Å²) in [6.07, 6.45) is -3.48. The highest BCUT2D eigenvalue weighted by Crippen LogP contribution is 2.51. The van der Waals surface area contributed by atoms with E-state index in [1.54, 1.807) is 6.07 Å². The van der Waals surface area contributed by atoms with Crippen LogP contribution in [-0.2, 0) is 6.54 Å². The summed E-state index contributed by atoms with van der Waals surface area (Å²) in [5.74, 6) is 0.347. The summed E-state index contributed by atoms with van der Waals surface area (Å²) >= 11 is 0. The van der Waals surface area contributed by atoms with Gasteiger partial charge in [0.05, 0.1) is 5.39 Å². The van der Waals surface area contributed by atoms with E-state index in [2.05, 4.69) is 23.9 Å². The number of nitrogens with zero attached hydrogens (tertiary/aromatic N) is 3. The van der Waals surface area contributed by atoms with Crippen molar-refractivity contribution in [3.8, 4) is 0 Å². The van der Waals surface area contributed by atoms with Crippen molar-refractivity contribution in [2.45, 2.75) is 38.9 Å². The molecule has 0 unspecified atom stereocenters. The Bertz CT molecular complexity index is 675. The van der Waals surface area contributed by atoms with Gasteiger partial charge in [-0.15, -0.1) is 5.10 Å². The van der Waals surface area contributed by atoms with Crippen LogP contribution in [0.1, 0.15) is 31.9 Å². The van der Waals surface area contributed by atoms with Crippen LogP contribution < -0.4 is 0 Å². The molecule has 2 aromatic rings. The molecule has 3 nitrogen and oxygen atoms in total. The molecule has 114 valence electrons. The van der Waals surface area contributed by atoms with Crippen molar-refractivity contribution in [1.82, 2.24) is 14.8 Å². The minimum absolute atomic E-state index is 0.0308. The summed E-state index contributed by atoms with van der Waals surface area (Å²) in [5.41, 5.74) is 0.696. The Morgan fingerprint density at radius 2 is 2.05 bits per heavy atom. The largest absolute Gasteiger partial charge is 0.408 e. The molecule has 0 bridgehead atoms. The maximum atomic E-state index is 13.6. The smallest absolute Gasteiger partial charge is 0.235 e. The number of hydrogen-bond donors (Lipinski definition) is 0. The minimum Gasteiger partial charge on any atom is -0.235 e. The zero-order valence-corrected chi connectivity index (χ0v) is 11.7. The molecule has 2 heterocycles. The average molecular weight is 301 g/mol. The Labute approximate surface area is 119 Å². The van der Waals surface area contributed by atoms with Crippen LogP contribution >= 0.6 is 0 Å². The lowest BCUT2D eigenvalue weighted by molar-refractivity contribution is -0.142. The second kappa shape index (κ2) is 4.68. The van der Waals surface area contributed by atoms with E-state index in [-0.39, 0.29) is 17.0 Å². The highest BCUT2D eigenvalue weighted by atomic mass is 19.4. The Morgan fingerprint density at radius 1 is 1.33 bits per heavy atom. The summed E-state index contributed by atoms with van der Waals surface area (Å²) in [6, 6.07) is 3.17. The van der Waals surface area contributed by atoms with Gasteiger partial charge < -0.3 is 0 Å². The first-order valence-corrected chi connectivity index (χ1v) is 6.86. The zero-order chi connectivity index (χ0) is 15.4. The van der Waals surface area contributed by atoms with Gasteiger partial charge in [-0.25, -0.2) is 9.67 Å². The molecule has 1 saturated carbocycles. The summed E-state index contributed by atoms with van der Waals surface area (Å²) in [4.78, 5) is 4.24. The first kappa shape index (κ1) is 14.3. The van der Waals surface area contributed by atoms with E-state index in [1.165, 1.54) is 6.07 Å². The molecule has 0 saturated heterocycles. The van der Waals surface area contributed by atoms with Crippen LogP contribution in [0.3, 0.4) is 0 Å². The van der Waals surface area contributed by atoms with Crippen molar-refractivity contribution >= 4 is 11.0 Å². The van der Waals surface area contributed by atoms with Crippen LogP contribution in [-0.4, -0.2) is 20.9 Å². The molecule has 0 aromatic carbocycles. The summed E-state index contributed by atoms with van der Waals surface area (Å²) in [5, 5.41) is 3.35. The maximum absolute atomic E-state index is 13.6. The fourth-order valence-corrected chi connectivity index (χ4v) is 2.81. The van der Waals surface area contributed by atoms with Crippen molar-refractivity contribution in [1.29, 1.82) is 0 Å². The van der Waals surface area contributed by atoms with Gasteiger partial charge in [0.1, 0.15) is 6.54 Å². The molecule has 3 rings (SSSR count). The summed E-state index contributed by atoms with van der Waals surface area (Å²) < 4.78 is 51.7. The fourth-order valence-electron chi connectivity index (χ4n) is 2.81. The molecule has 2 atom stereocenters. The van der Waals surface area contributed by atoms with Crippen molar-refractivity contribution in [2.75, 3.05) is 0 Å². The third kappa shape index (κ3) is 2.73. The Hall–Kier alpha value is -1.66. The second-order valence-electron chi connectivity index (χ2n) is 5.92. The summed E-state index contributed by atoms with van der Waals surface area (Å²) in [6.45, 7) is 2.88. The highest BCUT2D eigenvalue weighted by molar-refractivity contribution is 5.75. The van der Waals surface area contributed by atoms with E-state index in [4.69, 9.17) is 0 Å². The van der Waals surface area contributed by atoms with E-state index in [9.17, 15) is 17.6 Å². The van der Waals surface area contributed by atoms with Gasteiger partial charge in [0.25, 0.3) is 0 Å². The third-order valence-electron chi connectivity index (χ3n) is 3.98. The van der Waals surface area contributed by atoms with Crippen molar-refractivity contribution in [2.24, 2.45) is 11.8 Å². The number of halogens is 4. The number of alkyl halides is 3. The lowest BCUT2D eigenvalue weighted by Crippen LogP contribution is -2.19. The molecule has 2 aromatic heterocycles. The van der Waals surface area contributed by atoms with Crippen molar-refractivity contribution < 1.29 is 17.6 Å². The Morgan fingerprint density at radius 3 is 2.62 bits per heavy atom. The average Bonchev–Trinajstić information content (AvgIpc) is 3.11. The van der Waals surface area contributed by atoms with Gasteiger partial charge in [0, 0.05) is 11.6 Å². The predicted molar refractivity (Wildman–Crippen MR) is 69.2 cm³/mol. The maximum Gasteiger partial charge on any atom is 0.408 e.